The molecule has 23 heavy (non-hydrogen) atoms. The summed E-state index contributed by atoms with van der Waals surface area (Å²) in [5.41, 5.74) is 0.106. The SMILES string of the molecule is CC(=O)OCC1=C(C(=O)O)N2C(=O)[C@H](NC(=O)CC#N)[C@H]2SC1. The molecule has 122 valence electrons. The normalized spacial score (nSPS) is 22.6. The lowest BCUT2D eigenvalue weighted by Gasteiger charge is -2.49. The molecule has 2 aliphatic heterocycles. The Bertz CT molecular complexity index is 653. The van der Waals surface area contributed by atoms with E-state index in [9.17, 15) is 24.3 Å². The molecule has 2 aliphatic rings. The Kier molecular flexibility index (Phi) is 4.90. The van der Waals surface area contributed by atoms with Crippen LogP contribution >= 0.6 is 11.8 Å². The maximum absolute atomic E-state index is 12.1. The number of nitrogens with one attached hydrogen (secondary N) is 1. The highest BCUT2D eigenvalue weighted by atomic mass is 32.2. The van der Waals surface area contributed by atoms with Gasteiger partial charge in [-0.1, -0.05) is 0 Å². The van der Waals surface area contributed by atoms with Crippen LogP contribution in [0.4, 0.5) is 0 Å². The van der Waals surface area contributed by atoms with Crippen molar-refractivity contribution in [3.8, 4) is 6.07 Å². The number of rotatable bonds is 5. The molecule has 2 heterocycles. The number of β-lactam (4-membered cyclic amide) rings is 1. The van der Waals surface area contributed by atoms with Gasteiger partial charge in [-0.05, 0) is 0 Å². The number of ether oxygens (including phenoxy) is 1. The van der Waals surface area contributed by atoms with Gasteiger partial charge in [-0.25, -0.2) is 4.79 Å². The van der Waals surface area contributed by atoms with Crippen LogP contribution in [-0.2, 0) is 23.9 Å². The number of esters is 1. The van der Waals surface area contributed by atoms with Crippen LogP contribution in [-0.4, -0.2) is 57.5 Å². The van der Waals surface area contributed by atoms with Crippen molar-refractivity contribution in [1.82, 2.24) is 10.2 Å². The van der Waals surface area contributed by atoms with Gasteiger partial charge >= 0.3 is 11.9 Å². The van der Waals surface area contributed by atoms with E-state index in [4.69, 9.17) is 10.00 Å². The number of aliphatic carboxylic acids is 1. The summed E-state index contributed by atoms with van der Waals surface area (Å²) < 4.78 is 4.81. The topological polar surface area (TPSA) is 137 Å². The molecule has 1 saturated heterocycles. The number of hydrogen-bond acceptors (Lipinski definition) is 7. The second kappa shape index (κ2) is 6.70. The average Bonchev–Trinajstić information content (AvgIpc) is 2.49. The van der Waals surface area contributed by atoms with E-state index in [1.54, 1.807) is 6.07 Å². The molecule has 0 aliphatic carbocycles. The average molecular weight is 339 g/mol. The molecule has 0 aromatic carbocycles. The summed E-state index contributed by atoms with van der Waals surface area (Å²) in [5.74, 6) is -2.74. The summed E-state index contributed by atoms with van der Waals surface area (Å²) in [5, 5.41) is 19.7. The van der Waals surface area contributed by atoms with Crippen LogP contribution in [0.15, 0.2) is 11.3 Å². The number of hydrogen-bond donors (Lipinski definition) is 2. The van der Waals surface area contributed by atoms with Crippen LogP contribution in [0.5, 0.6) is 0 Å². The standard InChI is InChI=1S/C13H13N3O6S/c1-6(17)22-4-7-5-23-12-9(15-8(18)2-3-14)11(19)16(12)10(7)13(20)21/h9,12H,2,4-5H2,1H3,(H,15,18)(H,20,21)/t9-,12+/m0/s1. The summed E-state index contributed by atoms with van der Waals surface area (Å²) in [6.45, 7) is 1.00. The number of thioether (sulfide) groups is 1. The molecular weight excluding hydrogens is 326 g/mol. The van der Waals surface area contributed by atoms with Crippen LogP contribution in [0.25, 0.3) is 0 Å². The largest absolute Gasteiger partial charge is 0.477 e. The summed E-state index contributed by atoms with van der Waals surface area (Å²) >= 11 is 1.26. The van der Waals surface area contributed by atoms with Crippen molar-refractivity contribution >= 4 is 35.5 Å². The van der Waals surface area contributed by atoms with Crippen LogP contribution in [0.2, 0.25) is 0 Å². The van der Waals surface area contributed by atoms with Gasteiger partial charge in [-0.3, -0.25) is 19.3 Å². The third-order valence-corrected chi connectivity index (χ3v) is 4.60. The van der Waals surface area contributed by atoms with Gasteiger partial charge in [0.2, 0.25) is 5.91 Å². The monoisotopic (exact) mass is 339 g/mol. The van der Waals surface area contributed by atoms with Crippen molar-refractivity contribution in [1.29, 1.82) is 5.26 Å². The maximum atomic E-state index is 12.1. The van der Waals surface area contributed by atoms with Crippen LogP contribution in [0.1, 0.15) is 13.3 Å². The predicted octanol–water partition coefficient (Wildman–Crippen LogP) is -0.798. The van der Waals surface area contributed by atoms with Gasteiger partial charge in [0.15, 0.2) is 0 Å². The molecular formula is C13H13N3O6S. The smallest absolute Gasteiger partial charge is 0.352 e. The first-order valence-electron chi connectivity index (χ1n) is 6.56. The Morgan fingerprint density at radius 1 is 1.52 bits per heavy atom. The Morgan fingerprint density at radius 3 is 2.78 bits per heavy atom. The Morgan fingerprint density at radius 2 is 2.22 bits per heavy atom. The van der Waals surface area contributed by atoms with E-state index < -0.39 is 35.2 Å². The van der Waals surface area contributed by atoms with Crippen molar-refractivity contribution < 1.29 is 29.0 Å². The van der Waals surface area contributed by atoms with Gasteiger partial charge in [0.25, 0.3) is 5.91 Å². The van der Waals surface area contributed by atoms with E-state index in [0.717, 1.165) is 4.90 Å². The molecule has 0 bridgehead atoms. The molecule has 2 rings (SSSR count). The summed E-state index contributed by atoms with van der Waals surface area (Å²) in [6, 6.07) is 0.818. The van der Waals surface area contributed by atoms with Gasteiger partial charge in [0, 0.05) is 18.2 Å². The van der Waals surface area contributed by atoms with Gasteiger partial charge in [0.05, 0.1) is 6.07 Å². The van der Waals surface area contributed by atoms with Crippen molar-refractivity contribution in [2.45, 2.75) is 24.8 Å². The molecule has 2 N–H and O–H groups in total. The van der Waals surface area contributed by atoms with E-state index in [0.29, 0.717) is 5.57 Å². The fourth-order valence-electron chi connectivity index (χ4n) is 2.28. The quantitative estimate of drug-likeness (QED) is 0.491. The fourth-order valence-corrected chi connectivity index (χ4v) is 3.61. The van der Waals surface area contributed by atoms with E-state index in [2.05, 4.69) is 5.32 Å². The Labute approximate surface area is 135 Å². The van der Waals surface area contributed by atoms with E-state index >= 15 is 0 Å². The summed E-state index contributed by atoms with van der Waals surface area (Å²) in [6.07, 6.45) is -0.375. The molecule has 10 heteroatoms. The molecule has 0 saturated carbocycles. The first-order chi connectivity index (χ1) is 10.9. The third-order valence-electron chi connectivity index (χ3n) is 3.26. The van der Waals surface area contributed by atoms with Crippen LogP contribution < -0.4 is 5.32 Å². The first-order valence-corrected chi connectivity index (χ1v) is 7.61. The van der Waals surface area contributed by atoms with Crippen molar-refractivity contribution in [3.63, 3.8) is 0 Å². The molecule has 2 atom stereocenters. The summed E-state index contributed by atoms with van der Waals surface area (Å²) in [4.78, 5) is 47.0. The summed E-state index contributed by atoms with van der Waals surface area (Å²) in [7, 11) is 0. The van der Waals surface area contributed by atoms with Crippen molar-refractivity contribution in [3.05, 3.63) is 11.3 Å². The highest BCUT2D eigenvalue weighted by Crippen LogP contribution is 2.40. The van der Waals surface area contributed by atoms with Gasteiger partial charge in [-0.2, -0.15) is 5.26 Å². The van der Waals surface area contributed by atoms with E-state index in [1.807, 2.05) is 0 Å². The molecule has 2 amide bonds. The van der Waals surface area contributed by atoms with Gasteiger partial charge in [0.1, 0.15) is 30.1 Å². The van der Waals surface area contributed by atoms with Gasteiger partial charge in [-0.15, -0.1) is 11.8 Å². The molecule has 1 fully saturated rings. The second-order valence-electron chi connectivity index (χ2n) is 4.83. The number of nitrogens with zero attached hydrogens (tertiary/aromatic N) is 2. The zero-order chi connectivity index (χ0) is 17.1. The van der Waals surface area contributed by atoms with Crippen LogP contribution in [0, 0.1) is 11.3 Å². The lowest BCUT2D eigenvalue weighted by molar-refractivity contribution is -0.150. The molecule has 0 unspecified atom stereocenters. The number of fused-ring (bicyclic) bond motifs is 1. The Hall–Kier alpha value is -2.54. The molecule has 0 radical (unpaired) electrons. The van der Waals surface area contributed by atoms with Crippen molar-refractivity contribution in [2.75, 3.05) is 12.4 Å². The van der Waals surface area contributed by atoms with Gasteiger partial charge < -0.3 is 15.2 Å². The number of carbonyl (C=O) groups excluding carboxylic acids is 3. The predicted molar refractivity (Wildman–Crippen MR) is 76.5 cm³/mol. The van der Waals surface area contributed by atoms with E-state index in [-0.39, 0.29) is 24.5 Å². The first kappa shape index (κ1) is 16.8. The minimum atomic E-state index is -1.30. The van der Waals surface area contributed by atoms with Crippen LogP contribution in [0.3, 0.4) is 0 Å². The molecule has 9 nitrogen and oxygen atoms in total. The zero-order valence-corrected chi connectivity index (χ0v) is 12.9. The highest BCUT2D eigenvalue weighted by molar-refractivity contribution is 8.00. The number of carboxylic acid groups (broad SMARTS) is 1. The minimum absolute atomic E-state index is 0.202. The lowest BCUT2D eigenvalue weighted by atomic mass is 10.0. The van der Waals surface area contributed by atoms with Crippen molar-refractivity contribution in [2.24, 2.45) is 0 Å². The molecule has 0 spiro atoms. The number of carbonyl (C=O) groups is 4. The van der Waals surface area contributed by atoms with E-state index in [1.165, 1.54) is 18.7 Å². The molecule has 0 aromatic heterocycles. The second-order valence-corrected chi connectivity index (χ2v) is 5.93. The number of nitriles is 1. The highest BCUT2D eigenvalue weighted by Gasteiger charge is 2.54. The fraction of sp³-hybridized carbons (Fsp3) is 0.462. The Balaban J connectivity index is 2.16. The maximum Gasteiger partial charge on any atom is 0.352 e. The number of amides is 2. The third kappa shape index (κ3) is 3.29. The molecule has 0 aromatic rings. The minimum Gasteiger partial charge on any atom is -0.477 e. The zero-order valence-electron chi connectivity index (χ0n) is 12.1. The lowest BCUT2D eigenvalue weighted by Crippen LogP contribution is -2.70. The number of carboxylic acids is 1.